The summed E-state index contributed by atoms with van der Waals surface area (Å²) in [5, 5.41) is 11.0. The van der Waals surface area contributed by atoms with Crippen LogP contribution < -0.4 is 11.1 Å². The van der Waals surface area contributed by atoms with Gasteiger partial charge >= 0.3 is 0 Å². The van der Waals surface area contributed by atoms with Crippen LogP contribution in [0.25, 0.3) is 0 Å². The van der Waals surface area contributed by atoms with E-state index in [1.807, 2.05) is 6.07 Å². The van der Waals surface area contributed by atoms with Crippen LogP contribution in [-0.4, -0.2) is 17.9 Å². The van der Waals surface area contributed by atoms with Gasteiger partial charge in [-0.1, -0.05) is 12.1 Å². The van der Waals surface area contributed by atoms with E-state index in [-0.39, 0.29) is 6.42 Å². The van der Waals surface area contributed by atoms with Gasteiger partial charge in [0.15, 0.2) is 0 Å². The standard InChI is InChI=1S/C17H12F3N3O2/c18-11-6-12(19)15(13(20)7-11)17(25)23-14(16(22)24)5-9-2-1-3-10(4-9)8-21/h1-4,6-7,14H,5H2,(H2,22,24)(H,23,25)/t14-/m0/s1. The molecule has 0 aliphatic heterocycles. The molecule has 0 saturated carbocycles. The Morgan fingerprint density at radius 3 is 2.36 bits per heavy atom. The zero-order valence-electron chi connectivity index (χ0n) is 12.7. The quantitative estimate of drug-likeness (QED) is 0.863. The summed E-state index contributed by atoms with van der Waals surface area (Å²) in [6.07, 6.45) is -0.0823. The Morgan fingerprint density at radius 2 is 1.80 bits per heavy atom. The molecule has 0 spiro atoms. The van der Waals surface area contributed by atoms with Crippen LogP contribution in [0.15, 0.2) is 36.4 Å². The third kappa shape index (κ3) is 4.35. The Hall–Kier alpha value is -3.34. The Bertz CT molecular complexity index is 855. The lowest BCUT2D eigenvalue weighted by Gasteiger charge is -2.16. The van der Waals surface area contributed by atoms with E-state index < -0.39 is 40.9 Å². The van der Waals surface area contributed by atoms with Crippen LogP contribution in [0.1, 0.15) is 21.5 Å². The van der Waals surface area contributed by atoms with E-state index in [2.05, 4.69) is 5.32 Å². The van der Waals surface area contributed by atoms with Gasteiger partial charge in [-0.25, -0.2) is 13.2 Å². The van der Waals surface area contributed by atoms with Crippen molar-refractivity contribution in [2.75, 3.05) is 0 Å². The molecule has 0 unspecified atom stereocenters. The van der Waals surface area contributed by atoms with Crippen molar-refractivity contribution in [2.24, 2.45) is 5.73 Å². The van der Waals surface area contributed by atoms with E-state index in [0.717, 1.165) is 0 Å². The lowest BCUT2D eigenvalue weighted by Crippen LogP contribution is -2.46. The zero-order valence-corrected chi connectivity index (χ0v) is 12.7. The zero-order chi connectivity index (χ0) is 18.6. The summed E-state index contributed by atoms with van der Waals surface area (Å²) in [7, 11) is 0. The lowest BCUT2D eigenvalue weighted by atomic mass is 10.0. The second-order valence-electron chi connectivity index (χ2n) is 5.19. The van der Waals surface area contributed by atoms with Gasteiger partial charge in [-0.05, 0) is 17.7 Å². The number of primary amides is 1. The molecular formula is C17H12F3N3O2. The maximum atomic E-state index is 13.6. The summed E-state index contributed by atoms with van der Waals surface area (Å²) >= 11 is 0. The van der Waals surface area contributed by atoms with Gasteiger partial charge in [0.05, 0.1) is 11.6 Å². The molecule has 0 aliphatic carbocycles. The van der Waals surface area contributed by atoms with Gasteiger partial charge in [0.2, 0.25) is 5.91 Å². The third-order valence-electron chi connectivity index (χ3n) is 3.38. The molecule has 8 heteroatoms. The summed E-state index contributed by atoms with van der Waals surface area (Å²) < 4.78 is 40.2. The smallest absolute Gasteiger partial charge is 0.257 e. The molecule has 2 amide bonds. The topological polar surface area (TPSA) is 96.0 Å². The van der Waals surface area contributed by atoms with E-state index in [9.17, 15) is 22.8 Å². The fraction of sp³-hybridized carbons (Fsp3) is 0.118. The van der Waals surface area contributed by atoms with Gasteiger partial charge < -0.3 is 11.1 Å². The van der Waals surface area contributed by atoms with Crippen molar-refractivity contribution in [1.82, 2.24) is 5.32 Å². The fourth-order valence-corrected chi connectivity index (χ4v) is 2.22. The molecule has 25 heavy (non-hydrogen) atoms. The Balaban J connectivity index is 2.23. The van der Waals surface area contributed by atoms with Crippen molar-refractivity contribution >= 4 is 11.8 Å². The maximum Gasteiger partial charge on any atom is 0.257 e. The summed E-state index contributed by atoms with van der Waals surface area (Å²) in [5.41, 5.74) is 5.05. The summed E-state index contributed by atoms with van der Waals surface area (Å²) in [5.74, 6) is -6.14. The van der Waals surface area contributed by atoms with E-state index in [1.165, 1.54) is 6.07 Å². The molecule has 1 atom stereocenters. The molecule has 5 nitrogen and oxygen atoms in total. The van der Waals surface area contributed by atoms with Crippen molar-refractivity contribution < 1.29 is 22.8 Å². The number of benzene rings is 2. The number of rotatable bonds is 5. The van der Waals surface area contributed by atoms with Gasteiger partial charge in [0.1, 0.15) is 29.1 Å². The van der Waals surface area contributed by atoms with Crippen LogP contribution in [0, 0.1) is 28.8 Å². The first-order valence-electron chi connectivity index (χ1n) is 7.05. The van der Waals surface area contributed by atoms with Crippen LogP contribution >= 0.6 is 0 Å². The van der Waals surface area contributed by atoms with Crippen molar-refractivity contribution in [3.8, 4) is 6.07 Å². The first-order chi connectivity index (χ1) is 11.8. The molecule has 2 aromatic carbocycles. The Labute approximate surface area is 140 Å². The highest BCUT2D eigenvalue weighted by atomic mass is 19.1. The molecule has 2 aromatic rings. The normalized spacial score (nSPS) is 11.4. The largest absolute Gasteiger partial charge is 0.368 e. The summed E-state index contributed by atoms with van der Waals surface area (Å²) in [4.78, 5) is 23.6. The SMILES string of the molecule is N#Cc1cccc(C[C@H](NC(=O)c2c(F)cc(F)cc2F)C(N)=O)c1. The minimum absolute atomic E-state index is 0.0823. The Morgan fingerprint density at radius 1 is 1.16 bits per heavy atom. The van der Waals surface area contributed by atoms with Gasteiger partial charge in [-0.15, -0.1) is 0 Å². The third-order valence-corrected chi connectivity index (χ3v) is 3.38. The highest BCUT2D eigenvalue weighted by Gasteiger charge is 2.24. The molecule has 3 N–H and O–H groups in total. The minimum atomic E-state index is -1.40. The molecule has 0 radical (unpaired) electrons. The highest BCUT2D eigenvalue weighted by Crippen LogP contribution is 2.15. The first-order valence-corrected chi connectivity index (χ1v) is 7.05. The Kier molecular flexibility index (Phi) is 5.39. The number of carbonyl (C=O) groups is 2. The molecule has 0 aliphatic rings. The van der Waals surface area contributed by atoms with Crippen molar-refractivity contribution in [3.63, 3.8) is 0 Å². The average molecular weight is 347 g/mol. The molecular weight excluding hydrogens is 335 g/mol. The number of nitrogens with two attached hydrogens (primary N) is 1. The molecule has 2 rings (SSSR count). The minimum Gasteiger partial charge on any atom is -0.368 e. The number of hydrogen-bond acceptors (Lipinski definition) is 3. The second-order valence-corrected chi connectivity index (χ2v) is 5.19. The fourth-order valence-electron chi connectivity index (χ4n) is 2.22. The predicted octanol–water partition coefficient (Wildman–Crippen LogP) is 1.80. The number of nitrogens with zero attached hydrogens (tertiary/aromatic N) is 1. The molecule has 0 fully saturated rings. The summed E-state index contributed by atoms with van der Waals surface area (Å²) in [6, 6.07) is 7.56. The van der Waals surface area contributed by atoms with Crippen LogP contribution in [0.3, 0.4) is 0 Å². The predicted molar refractivity (Wildman–Crippen MR) is 81.6 cm³/mol. The van der Waals surface area contributed by atoms with Crippen LogP contribution in [-0.2, 0) is 11.2 Å². The van der Waals surface area contributed by atoms with Crippen LogP contribution in [0.2, 0.25) is 0 Å². The number of carbonyl (C=O) groups excluding carboxylic acids is 2. The van der Waals surface area contributed by atoms with Gasteiger partial charge in [-0.3, -0.25) is 9.59 Å². The summed E-state index contributed by atoms with van der Waals surface area (Å²) in [6.45, 7) is 0. The second kappa shape index (κ2) is 7.49. The van der Waals surface area contributed by atoms with Crippen LogP contribution in [0.4, 0.5) is 13.2 Å². The van der Waals surface area contributed by atoms with Crippen molar-refractivity contribution in [2.45, 2.75) is 12.5 Å². The number of nitriles is 1. The van der Waals surface area contributed by atoms with E-state index in [1.54, 1.807) is 18.2 Å². The monoisotopic (exact) mass is 347 g/mol. The van der Waals surface area contributed by atoms with E-state index >= 15 is 0 Å². The molecule has 0 saturated heterocycles. The molecule has 128 valence electrons. The lowest BCUT2D eigenvalue weighted by molar-refractivity contribution is -0.119. The maximum absolute atomic E-state index is 13.6. The van der Waals surface area contributed by atoms with Gasteiger partial charge in [0, 0.05) is 18.6 Å². The van der Waals surface area contributed by atoms with E-state index in [0.29, 0.717) is 23.3 Å². The highest BCUT2D eigenvalue weighted by molar-refractivity contribution is 5.97. The van der Waals surface area contributed by atoms with Crippen LogP contribution in [0.5, 0.6) is 0 Å². The number of halogens is 3. The van der Waals surface area contributed by atoms with Gasteiger partial charge in [-0.2, -0.15) is 5.26 Å². The molecule has 0 heterocycles. The number of hydrogen-bond donors (Lipinski definition) is 2. The first kappa shape index (κ1) is 18.0. The van der Waals surface area contributed by atoms with Crippen molar-refractivity contribution in [1.29, 1.82) is 5.26 Å². The average Bonchev–Trinajstić information content (AvgIpc) is 2.53. The van der Waals surface area contributed by atoms with Crippen molar-refractivity contribution in [3.05, 3.63) is 70.5 Å². The van der Waals surface area contributed by atoms with E-state index in [4.69, 9.17) is 11.0 Å². The number of amides is 2. The molecule has 0 bridgehead atoms. The molecule has 0 aromatic heterocycles. The van der Waals surface area contributed by atoms with Gasteiger partial charge in [0.25, 0.3) is 5.91 Å². The number of nitrogens with one attached hydrogen (secondary N) is 1.